The molecule has 0 aromatic carbocycles. The van der Waals surface area contributed by atoms with E-state index in [1.54, 1.807) is 7.17 Å². The number of hydrogen-bond acceptors (Lipinski definition) is 2. The van der Waals surface area contributed by atoms with Gasteiger partial charge in [0.15, 0.2) is 0 Å². The van der Waals surface area contributed by atoms with E-state index >= 15 is 0 Å². The zero-order valence-corrected chi connectivity index (χ0v) is 8.11. The van der Waals surface area contributed by atoms with Crippen molar-refractivity contribution >= 4 is 14.9 Å². The van der Waals surface area contributed by atoms with Crippen molar-refractivity contribution in [2.45, 2.75) is 39.1 Å². The molecule has 1 rings (SSSR count). The van der Waals surface area contributed by atoms with Crippen LogP contribution in [0.3, 0.4) is 0 Å². The minimum absolute atomic E-state index is 0.955. The van der Waals surface area contributed by atoms with Gasteiger partial charge in [-0.1, -0.05) is 24.9 Å². The van der Waals surface area contributed by atoms with Gasteiger partial charge < -0.3 is 0 Å². The first kappa shape index (κ1) is 10.4. The second-order valence-electron chi connectivity index (χ2n) is 3.03. The van der Waals surface area contributed by atoms with Gasteiger partial charge in [-0.2, -0.15) is 0 Å². The van der Waals surface area contributed by atoms with Gasteiger partial charge >= 0.3 is 0 Å². The van der Waals surface area contributed by atoms with Crippen LogP contribution in [0.1, 0.15) is 25.5 Å². The Kier molecular flexibility index (Phi) is 4.65. The Morgan fingerprint density at radius 2 is 2.38 bits per heavy atom. The summed E-state index contributed by atoms with van der Waals surface area (Å²) in [5, 5.41) is 7.88. The van der Waals surface area contributed by atoms with Crippen LogP contribution in [0.4, 0.5) is 0 Å². The number of hydrogen-bond donors (Lipinski definition) is 0. The number of unbranched alkanes of at least 4 members (excludes halogenated alkanes) is 1. The van der Waals surface area contributed by atoms with Crippen molar-refractivity contribution in [2.24, 2.45) is 0 Å². The Morgan fingerprint density at radius 1 is 1.54 bits per heavy atom. The molecule has 67 valence electrons. The van der Waals surface area contributed by atoms with Crippen LogP contribution in [0.25, 0.3) is 0 Å². The first-order chi connectivity index (χ1) is 6.38. The smallest absolute Gasteiger partial charge is 0.0725 e. The second kappa shape index (κ2) is 5.84. The lowest BCUT2D eigenvalue weighted by molar-refractivity contribution is 0.535. The Labute approximate surface area is 81.5 Å². The quantitative estimate of drug-likeness (QED) is 0.472. The number of aromatic nitrogens is 3. The Bertz CT molecular complexity index is 237. The van der Waals surface area contributed by atoms with Crippen LogP contribution in [0.5, 0.6) is 0 Å². The largest absolute Gasteiger partial charge is 0.249 e. The molecule has 1 aromatic rings. The van der Waals surface area contributed by atoms with Gasteiger partial charge in [0.05, 0.1) is 19.1 Å². The molecule has 0 spiro atoms. The lowest BCUT2D eigenvalue weighted by atomic mass is 9.53. The maximum absolute atomic E-state index is 5.28. The zero-order chi connectivity index (χ0) is 9.52. The maximum atomic E-state index is 5.28. The van der Waals surface area contributed by atoms with E-state index in [1.165, 1.54) is 5.69 Å². The SMILES string of the molecule is [B][B]CCCCn1nncc1CC. The summed E-state index contributed by atoms with van der Waals surface area (Å²) in [7, 11) is 6.99. The zero-order valence-electron chi connectivity index (χ0n) is 8.11. The van der Waals surface area contributed by atoms with Crippen LogP contribution in [0.2, 0.25) is 6.32 Å². The highest BCUT2D eigenvalue weighted by Gasteiger charge is 1.99. The topological polar surface area (TPSA) is 30.7 Å². The van der Waals surface area contributed by atoms with Crippen molar-refractivity contribution < 1.29 is 0 Å². The minimum Gasteiger partial charge on any atom is -0.249 e. The highest BCUT2D eigenvalue weighted by molar-refractivity contribution is 6.89. The Hall–Kier alpha value is -0.730. The molecule has 1 heterocycles. The minimum atomic E-state index is 0.955. The van der Waals surface area contributed by atoms with Gasteiger partial charge in [0.25, 0.3) is 0 Å². The van der Waals surface area contributed by atoms with Crippen LogP contribution in [-0.4, -0.2) is 29.9 Å². The summed E-state index contributed by atoms with van der Waals surface area (Å²) in [4.78, 5) is 0. The molecule has 0 aliphatic heterocycles. The first-order valence-electron chi connectivity index (χ1n) is 4.79. The molecule has 0 saturated carbocycles. The van der Waals surface area contributed by atoms with Crippen molar-refractivity contribution in [3.63, 3.8) is 0 Å². The lowest BCUT2D eigenvalue weighted by Crippen LogP contribution is -2.04. The van der Waals surface area contributed by atoms with Crippen LogP contribution < -0.4 is 0 Å². The number of rotatable bonds is 6. The molecule has 0 aliphatic rings. The van der Waals surface area contributed by atoms with Gasteiger partial charge in [0.2, 0.25) is 0 Å². The van der Waals surface area contributed by atoms with E-state index in [0.717, 1.165) is 32.1 Å². The van der Waals surface area contributed by atoms with Gasteiger partial charge in [-0.15, -0.1) is 5.10 Å². The molecule has 1 aromatic heterocycles. The van der Waals surface area contributed by atoms with Crippen LogP contribution in [0.15, 0.2) is 6.20 Å². The summed E-state index contributed by atoms with van der Waals surface area (Å²) in [6, 6.07) is 0. The van der Waals surface area contributed by atoms with Crippen molar-refractivity contribution in [1.29, 1.82) is 0 Å². The normalized spacial score (nSPS) is 10.2. The third-order valence-corrected chi connectivity index (χ3v) is 2.05. The molecule has 3 radical (unpaired) electrons. The molecule has 0 fully saturated rings. The van der Waals surface area contributed by atoms with Crippen molar-refractivity contribution in [1.82, 2.24) is 15.0 Å². The molecule has 13 heavy (non-hydrogen) atoms. The van der Waals surface area contributed by atoms with Gasteiger partial charge in [-0.25, -0.2) is 4.68 Å². The van der Waals surface area contributed by atoms with E-state index in [9.17, 15) is 0 Å². The van der Waals surface area contributed by atoms with Gasteiger partial charge in [0, 0.05) is 14.3 Å². The van der Waals surface area contributed by atoms with Crippen LogP contribution in [0, 0.1) is 0 Å². The molecule has 3 nitrogen and oxygen atoms in total. The molecule has 0 bridgehead atoms. The number of nitrogens with zero attached hydrogens (tertiary/aromatic N) is 3. The Balaban J connectivity index is 2.27. The van der Waals surface area contributed by atoms with E-state index < -0.39 is 0 Å². The second-order valence-corrected chi connectivity index (χ2v) is 3.03. The molecule has 0 amide bonds. The predicted octanol–water partition coefficient (Wildman–Crippen LogP) is 0.827. The van der Waals surface area contributed by atoms with Gasteiger partial charge in [-0.3, -0.25) is 0 Å². The molecule has 0 N–H and O–H groups in total. The molecule has 0 unspecified atom stereocenters. The Morgan fingerprint density at radius 3 is 3.08 bits per heavy atom. The standard InChI is InChI=1S/C8H14B2N3/c1-2-8-7-11-12-13(8)6-4-3-5-10-9/h7H,2-6H2,1H3. The molecular weight excluding hydrogens is 160 g/mol. The van der Waals surface area contributed by atoms with Crippen LogP contribution in [-0.2, 0) is 13.0 Å². The van der Waals surface area contributed by atoms with E-state index in [-0.39, 0.29) is 0 Å². The molecular formula is C8H14B2N3. The maximum Gasteiger partial charge on any atom is 0.0725 e. The highest BCUT2D eigenvalue weighted by Crippen LogP contribution is 2.01. The summed E-state index contributed by atoms with van der Waals surface area (Å²) < 4.78 is 1.97. The summed E-state index contributed by atoms with van der Waals surface area (Å²) in [5.74, 6) is 0. The fourth-order valence-corrected chi connectivity index (χ4v) is 1.26. The molecule has 0 aliphatic carbocycles. The highest BCUT2D eigenvalue weighted by atomic mass is 15.4. The molecule has 0 atom stereocenters. The number of aryl methyl sites for hydroxylation is 2. The monoisotopic (exact) mass is 174 g/mol. The fraction of sp³-hybridized carbons (Fsp3) is 0.750. The van der Waals surface area contributed by atoms with Crippen molar-refractivity contribution in [3.05, 3.63) is 11.9 Å². The van der Waals surface area contributed by atoms with E-state index in [4.69, 9.17) is 7.74 Å². The average molecular weight is 174 g/mol. The third kappa shape index (κ3) is 3.25. The van der Waals surface area contributed by atoms with Crippen molar-refractivity contribution in [2.75, 3.05) is 0 Å². The predicted molar refractivity (Wildman–Crippen MR) is 54.9 cm³/mol. The summed E-state index contributed by atoms with van der Waals surface area (Å²) in [6.45, 7) is 3.07. The van der Waals surface area contributed by atoms with E-state index in [0.29, 0.717) is 0 Å². The van der Waals surface area contributed by atoms with Gasteiger partial charge in [-0.05, 0) is 12.8 Å². The van der Waals surface area contributed by atoms with E-state index in [1.807, 2.05) is 10.9 Å². The lowest BCUT2D eigenvalue weighted by Gasteiger charge is -2.03. The van der Waals surface area contributed by atoms with E-state index in [2.05, 4.69) is 17.2 Å². The van der Waals surface area contributed by atoms with Gasteiger partial charge in [0.1, 0.15) is 0 Å². The molecule has 5 heteroatoms. The van der Waals surface area contributed by atoms with Crippen molar-refractivity contribution in [3.8, 4) is 0 Å². The van der Waals surface area contributed by atoms with Crippen LogP contribution >= 0.6 is 0 Å². The first-order valence-corrected chi connectivity index (χ1v) is 4.79. The molecule has 0 saturated heterocycles. The summed E-state index contributed by atoms with van der Waals surface area (Å²) in [6.07, 6.45) is 6.05. The summed E-state index contributed by atoms with van der Waals surface area (Å²) >= 11 is 0. The average Bonchev–Trinajstić information content (AvgIpc) is 2.60. The fourth-order valence-electron chi connectivity index (χ4n) is 1.26. The summed E-state index contributed by atoms with van der Waals surface area (Å²) in [5.41, 5.74) is 1.21. The third-order valence-electron chi connectivity index (χ3n) is 2.05.